The quantitative estimate of drug-likeness (QED) is 0.549. The first kappa shape index (κ1) is 14.0. The normalized spacial score (nSPS) is 12.4. The summed E-state index contributed by atoms with van der Waals surface area (Å²) < 4.78 is 0. The molecule has 0 aliphatic heterocycles. The molecule has 0 aliphatic carbocycles. The number of thiol groups is 1. The van der Waals surface area contributed by atoms with Crippen molar-refractivity contribution in [2.24, 2.45) is 0 Å². The molecule has 1 N–H and O–H groups in total. The molecule has 0 saturated carbocycles. The third-order valence-electron chi connectivity index (χ3n) is 4.05. The van der Waals surface area contributed by atoms with Crippen molar-refractivity contribution < 1.29 is 0 Å². The number of rotatable bonds is 3. The molecule has 0 saturated heterocycles. The first-order valence-electron chi connectivity index (χ1n) is 7.44. The summed E-state index contributed by atoms with van der Waals surface area (Å²) in [5.74, 6) is 0.0602. The highest BCUT2D eigenvalue weighted by atomic mass is 32.1. The second-order valence-electron chi connectivity index (χ2n) is 5.42. The first-order chi connectivity index (χ1) is 11.3. The van der Waals surface area contributed by atoms with Crippen LogP contribution in [-0.2, 0) is 0 Å². The maximum Gasteiger partial charge on any atom is 0.0922 e. The van der Waals surface area contributed by atoms with E-state index in [0.717, 1.165) is 27.1 Å². The zero-order chi connectivity index (χ0) is 15.6. The van der Waals surface area contributed by atoms with Crippen molar-refractivity contribution >= 4 is 23.5 Å². The highest BCUT2D eigenvalue weighted by Crippen LogP contribution is 2.35. The van der Waals surface area contributed by atoms with Gasteiger partial charge in [0.05, 0.1) is 17.8 Å². The Morgan fingerprint density at radius 1 is 0.957 bits per heavy atom. The molecule has 0 fully saturated rings. The number of pyridine rings is 1. The Balaban J connectivity index is 2.00. The van der Waals surface area contributed by atoms with Crippen LogP contribution in [0.1, 0.15) is 22.7 Å². The standard InChI is InChI=1S/C19H15N3S/c23-17-9-8-15(19-14(17)7-4-10-21-19)18(16-11-20-12-22-16)13-5-2-1-3-6-13/h1-12,18,23H,(H,20,22). The average Bonchev–Trinajstić information content (AvgIpc) is 3.13. The van der Waals surface area contributed by atoms with Gasteiger partial charge in [-0.3, -0.25) is 4.98 Å². The van der Waals surface area contributed by atoms with Crippen molar-refractivity contribution in [3.63, 3.8) is 0 Å². The van der Waals surface area contributed by atoms with Crippen molar-refractivity contribution in [2.75, 3.05) is 0 Å². The van der Waals surface area contributed by atoms with E-state index in [0.29, 0.717) is 0 Å². The Morgan fingerprint density at radius 3 is 2.61 bits per heavy atom. The predicted octanol–water partition coefficient (Wildman–Crippen LogP) is 4.43. The minimum absolute atomic E-state index is 0.0602. The average molecular weight is 317 g/mol. The molecule has 1 unspecified atom stereocenters. The third-order valence-corrected chi connectivity index (χ3v) is 4.44. The van der Waals surface area contributed by atoms with Crippen molar-refractivity contribution in [3.8, 4) is 0 Å². The summed E-state index contributed by atoms with van der Waals surface area (Å²) >= 11 is 4.57. The van der Waals surface area contributed by atoms with Gasteiger partial charge in [0.1, 0.15) is 0 Å². The van der Waals surface area contributed by atoms with E-state index < -0.39 is 0 Å². The molecule has 4 rings (SSSR count). The second-order valence-corrected chi connectivity index (χ2v) is 5.91. The van der Waals surface area contributed by atoms with Crippen LogP contribution in [0.15, 0.2) is 78.2 Å². The summed E-state index contributed by atoms with van der Waals surface area (Å²) in [5, 5.41) is 1.06. The molecule has 2 aromatic carbocycles. The van der Waals surface area contributed by atoms with Gasteiger partial charge in [-0.05, 0) is 23.3 Å². The van der Waals surface area contributed by atoms with Crippen LogP contribution in [0.5, 0.6) is 0 Å². The van der Waals surface area contributed by atoms with E-state index >= 15 is 0 Å². The lowest BCUT2D eigenvalue weighted by molar-refractivity contribution is 0.937. The highest BCUT2D eigenvalue weighted by molar-refractivity contribution is 7.80. The Labute approximate surface area is 139 Å². The molecule has 0 radical (unpaired) electrons. The SMILES string of the molecule is Sc1ccc(C(c2ccccc2)c2cnc[nH]2)c2ncccc12. The number of nitrogens with zero attached hydrogens (tertiary/aromatic N) is 2. The molecule has 23 heavy (non-hydrogen) atoms. The molecular formula is C19H15N3S. The van der Waals surface area contributed by atoms with Crippen LogP contribution >= 0.6 is 12.6 Å². The number of imidazole rings is 1. The van der Waals surface area contributed by atoms with Gasteiger partial charge in [-0.25, -0.2) is 4.98 Å². The number of hydrogen-bond donors (Lipinski definition) is 2. The van der Waals surface area contributed by atoms with Crippen LogP contribution in [0.2, 0.25) is 0 Å². The number of H-pyrrole nitrogens is 1. The van der Waals surface area contributed by atoms with Crippen LogP contribution < -0.4 is 0 Å². The maximum atomic E-state index is 4.62. The molecule has 0 bridgehead atoms. The summed E-state index contributed by atoms with van der Waals surface area (Å²) in [6, 6.07) is 18.6. The van der Waals surface area contributed by atoms with Gasteiger partial charge in [-0.2, -0.15) is 0 Å². The minimum Gasteiger partial charge on any atom is -0.348 e. The molecule has 1 atom stereocenters. The van der Waals surface area contributed by atoms with E-state index in [-0.39, 0.29) is 5.92 Å². The Bertz CT molecular complexity index is 933. The number of nitrogens with one attached hydrogen (secondary N) is 1. The molecule has 4 aromatic rings. The number of benzene rings is 2. The molecular weight excluding hydrogens is 302 g/mol. The van der Waals surface area contributed by atoms with Crippen molar-refractivity contribution in [1.29, 1.82) is 0 Å². The number of aromatic nitrogens is 3. The van der Waals surface area contributed by atoms with Crippen LogP contribution in [0.3, 0.4) is 0 Å². The van der Waals surface area contributed by atoms with Crippen LogP contribution in [0.4, 0.5) is 0 Å². The largest absolute Gasteiger partial charge is 0.348 e. The van der Waals surface area contributed by atoms with Gasteiger partial charge in [0, 0.05) is 28.4 Å². The highest BCUT2D eigenvalue weighted by Gasteiger charge is 2.21. The van der Waals surface area contributed by atoms with E-state index in [1.165, 1.54) is 5.56 Å². The van der Waals surface area contributed by atoms with Crippen molar-refractivity contribution in [1.82, 2.24) is 15.0 Å². The maximum absolute atomic E-state index is 4.62. The first-order valence-corrected chi connectivity index (χ1v) is 7.89. The van der Waals surface area contributed by atoms with E-state index in [1.54, 1.807) is 6.33 Å². The summed E-state index contributed by atoms with van der Waals surface area (Å²) in [6.07, 6.45) is 5.42. The molecule has 0 spiro atoms. The van der Waals surface area contributed by atoms with Gasteiger partial charge >= 0.3 is 0 Å². The topological polar surface area (TPSA) is 41.6 Å². The predicted molar refractivity (Wildman–Crippen MR) is 95.0 cm³/mol. The van der Waals surface area contributed by atoms with Crippen LogP contribution in [0.25, 0.3) is 10.9 Å². The van der Waals surface area contributed by atoms with Crippen molar-refractivity contribution in [3.05, 3.63) is 90.1 Å². The van der Waals surface area contributed by atoms with E-state index in [2.05, 4.69) is 64.0 Å². The monoisotopic (exact) mass is 317 g/mol. The van der Waals surface area contributed by atoms with Gasteiger partial charge in [0.15, 0.2) is 0 Å². The fourth-order valence-electron chi connectivity index (χ4n) is 3.01. The Morgan fingerprint density at radius 2 is 1.83 bits per heavy atom. The van der Waals surface area contributed by atoms with Gasteiger partial charge in [0.2, 0.25) is 0 Å². The summed E-state index contributed by atoms with van der Waals surface area (Å²) in [7, 11) is 0. The molecule has 3 nitrogen and oxygen atoms in total. The third kappa shape index (κ3) is 2.51. The van der Waals surface area contributed by atoms with Crippen LogP contribution in [0, 0.1) is 0 Å². The Hall–Kier alpha value is -2.59. The zero-order valence-corrected chi connectivity index (χ0v) is 13.2. The van der Waals surface area contributed by atoms with E-state index in [9.17, 15) is 0 Å². The smallest absolute Gasteiger partial charge is 0.0922 e. The number of fused-ring (bicyclic) bond motifs is 1. The van der Waals surface area contributed by atoms with E-state index in [1.807, 2.05) is 30.6 Å². The van der Waals surface area contributed by atoms with Gasteiger partial charge in [-0.15, -0.1) is 12.6 Å². The van der Waals surface area contributed by atoms with Gasteiger partial charge in [-0.1, -0.05) is 42.5 Å². The Kier molecular flexibility index (Phi) is 3.60. The minimum atomic E-state index is 0.0602. The molecule has 2 aromatic heterocycles. The fraction of sp³-hybridized carbons (Fsp3) is 0.0526. The van der Waals surface area contributed by atoms with Crippen molar-refractivity contribution in [2.45, 2.75) is 10.8 Å². The lowest BCUT2D eigenvalue weighted by atomic mass is 9.87. The fourth-order valence-corrected chi connectivity index (χ4v) is 3.26. The van der Waals surface area contributed by atoms with Crippen LogP contribution in [-0.4, -0.2) is 15.0 Å². The van der Waals surface area contributed by atoms with Gasteiger partial charge < -0.3 is 4.98 Å². The summed E-state index contributed by atoms with van der Waals surface area (Å²) in [5.41, 5.74) is 4.38. The van der Waals surface area contributed by atoms with E-state index in [4.69, 9.17) is 0 Å². The number of hydrogen-bond acceptors (Lipinski definition) is 3. The van der Waals surface area contributed by atoms with Gasteiger partial charge in [0.25, 0.3) is 0 Å². The second kappa shape index (κ2) is 5.89. The molecule has 112 valence electrons. The molecule has 0 amide bonds. The summed E-state index contributed by atoms with van der Waals surface area (Å²) in [6.45, 7) is 0. The molecule has 2 heterocycles. The molecule has 0 aliphatic rings. The lowest BCUT2D eigenvalue weighted by Gasteiger charge is -2.18. The molecule has 4 heteroatoms. The summed E-state index contributed by atoms with van der Waals surface area (Å²) in [4.78, 5) is 13.0. The zero-order valence-electron chi connectivity index (χ0n) is 12.3. The number of aromatic amines is 1. The lowest BCUT2D eigenvalue weighted by Crippen LogP contribution is -2.05.